The summed E-state index contributed by atoms with van der Waals surface area (Å²) in [6.45, 7) is 2.26. The van der Waals surface area contributed by atoms with E-state index in [1.54, 1.807) is 7.11 Å². The number of rotatable bonds is 5. The molecule has 0 amide bonds. The Labute approximate surface area is 84.0 Å². The average molecular weight is 167 g/mol. The van der Waals surface area contributed by atoms with Crippen molar-refractivity contribution in [1.29, 1.82) is 0 Å². The summed E-state index contributed by atoms with van der Waals surface area (Å²) in [7, 11) is 1.65. The number of carboxylic acids is 1. The number of hydrogen-bond donors (Lipinski definition) is 1. The molecular weight excluding hydrogens is 153 g/mol. The SMILES string of the molecule is COCCCN1CC1C(=O)O.[LiH]. The Hall–Kier alpha value is -0.0126. The second-order valence-electron chi connectivity index (χ2n) is 2.70. The van der Waals surface area contributed by atoms with Crippen LogP contribution in [0.1, 0.15) is 6.42 Å². The van der Waals surface area contributed by atoms with E-state index in [9.17, 15) is 4.79 Å². The van der Waals surface area contributed by atoms with Gasteiger partial charge < -0.3 is 9.84 Å². The molecule has 5 heteroatoms. The van der Waals surface area contributed by atoms with E-state index in [4.69, 9.17) is 9.84 Å². The van der Waals surface area contributed by atoms with E-state index in [1.165, 1.54) is 0 Å². The first-order valence-electron chi connectivity index (χ1n) is 3.71. The molecule has 1 rings (SSSR count). The van der Waals surface area contributed by atoms with Crippen molar-refractivity contribution in [2.45, 2.75) is 12.5 Å². The zero-order valence-corrected chi connectivity index (χ0v) is 6.62. The van der Waals surface area contributed by atoms with Gasteiger partial charge in [0.05, 0.1) is 0 Å². The summed E-state index contributed by atoms with van der Waals surface area (Å²) in [6, 6.07) is -0.216. The fourth-order valence-electron chi connectivity index (χ4n) is 1.07. The van der Waals surface area contributed by atoms with Gasteiger partial charge in [0.1, 0.15) is 6.04 Å². The quantitative estimate of drug-likeness (QED) is 0.329. The number of ether oxygens (including phenoxy) is 1. The van der Waals surface area contributed by atoms with Gasteiger partial charge in [0, 0.05) is 26.8 Å². The zero-order chi connectivity index (χ0) is 8.27. The summed E-state index contributed by atoms with van der Waals surface area (Å²) in [6.07, 6.45) is 0.917. The summed E-state index contributed by atoms with van der Waals surface area (Å²) >= 11 is 0. The third-order valence-electron chi connectivity index (χ3n) is 1.79. The molecule has 1 heterocycles. The van der Waals surface area contributed by atoms with Gasteiger partial charge in [-0.2, -0.15) is 0 Å². The van der Waals surface area contributed by atoms with Crippen molar-refractivity contribution in [3.05, 3.63) is 0 Å². The van der Waals surface area contributed by atoms with E-state index in [-0.39, 0.29) is 24.9 Å². The summed E-state index contributed by atoms with van der Waals surface area (Å²) < 4.78 is 4.84. The van der Waals surface area contributed by atoms with Crippen LogP contribution in [0.25, 0.3) is 0 Å². The second kappa shape index (κ2) is 5.60. The van der Waals surface area contributed by atoms with E-state index in [2.05, 4.69) is 0 Å². The van der Waals surface area contributed by atoms with Crippen molar-refractivity contribution in [1.82, 2.24) is 4.90 Å². The maximum atomic E-state index is 10.3. The maximum absolute atomic E-state index is 10.3. The average Bonchev–Trinajstić information content (AvgIpc) is 2.68. The van der Waals surface area contributed by atoms with Crippen LogP contribution < -0.4 is 0 Å². The van der Waals surface area contributed by atoms with Crippen LogP contribution in [0.4, 0.5) is 0 Å². The Morgan fingerprint density at radius 2 is 2.42 bits per heavy atom. The molecule has 0 aromatic rings. The van der Waals surface area contributed by atoms with Crippen LogP contribution in [-0.2, 0) is 9.53 Å². The number of carboxylic acid groups (broad SMARTS) is 1. The number of methoxy groups -OCH3 is 1. The molecule has 1 aliphatic rings. The Morgan fingerprint density at radius 3 is 2.83 bits per heavy atom. The molecule has 0 bridgehead atoms. The van der Waals surface area contributed by atoms with E-state index in [0.717, 1.165) is 13.0 Å². The Bertz CT molecular complexity index is 154. The van der Waals surface area contributed by atoms with Crippen molar-refractivity contribution in [2.24, 2.45) is 0 Å². The molecule has 0 aromatic heterocycles. The molecule has 4 nitrogen and oxygen atoms in total. The number of nitrogens with zero attached hydrogens (tertiary/aromatic N) is 1. The molecule has 12 heavy (non-hydrogen) atoms. The molecule has 1 N–H and O–H groups in total. The van der Waals surface area contributed by atoms with E-state index < -0.39 is 5.97 Å². The monoisotopic (exact) mass is 167 g/mol. The molecule has 0 aromatic carbocycles. The molecule has 2 atom stereocenters. The molecule has 66 valence electrons. The first kappa shape index (κ1) is 12.0. The van der Waals surface area contributed by atoms with Gasteiger partial charge in [-0.25, -0.2) is 0 Å². The molecule has 0 spiro atoms. The fourth-order valence-corrected chi connectivity index (χ4v) is 1.07. The van der Waals surface area contributed by atoms with Crippen LogP contribution in [0.5, 0.6) is 0 Å². The standard InChI is InChI=1S/C7H13NO3.Li.H/c1-11-4-2-3-8-5-6(8)7(9)10;;/h6H,2-5H2,1H3,(H,9,10);;. The number of aliphatic carboxylic acids is 1. The Kier molecular flexibility index (Phi) is 5.60. The summed E-state index contributed by atoms with van der Waals surface area (Å²) in [4.78, 5) is 12.2. The van der Waals surface area contributed by atoms with E-state index >= 15 is 0 Å². The number of carbonyl (C=O) groups is 1. The van der Waals surface area contributed by atoms with Crippen LogP contribution in [0.2, 0.25) is 0 Å². The van der Waals surface area contributed by atoms with Gasteiger partial charge in [0.25, 0.3) is 0 Å². The van der Waals surface area contributed by atoms with Gasteiger partial charge >= 0.3 is 24.8 Å². The van der Waals surface area contributed by atoms with Crippen LogP contribution in [0.15, 0.2) is 0 Å². The van der Waals surface area contributed by atoms with Crippen molar-refractivity contribution in [3.8, 4) is 0 Å². The van der Waals surface area contributed by atoms with Crippen molar-refractivity contribution in [2.75, 3.05) is 26.8 Å². The van der Waals surface area contributed by atoms with Gasteiger partial charge in [0.2, 0.25) is 0 Å². The Balaban J connectivity index is 0.00000121. The van der Waals surface area contributed by atoms with Crippen LogP contribution in [-0.4, -0.2) is 67.7 Å². The van der Waals surface area contributed by atoms with Crippen molar-refractivity contribution in [3.63, 3.8) is 0 Å². The molecule has 0 radical (unpaired) electrons. The molecule has 1 aliphatic heterocycles. The molecule has 1 fully saturated rings. The predicted octanol–water partition coefficient (Wildman–Crippen LogP) is -0.857. The van der Waals surface area contributed by atoms with Crippen LogP contribution >= 0.6 is 0 Å². The van der Waals surface area contributed by atoms with Gasteiger partial charge in [-0.3, -0.25) is 9.69 Å². The summed E-state index contributed by atoms with van der Waals surface area (Å²) in [5, 5.41) is 8.51. The third-order valence-corrected chi connectivity index (χ3v) is 1.79. The van der Waals surface area contributed by atoms with Gasteiger partial charge in [0.15, 0.2) is 0 Å². The molecule has 2 unspecified atom stereocenters. The normalized spacial score (nSPS) is 26.1. The molecule has 0 saturated carbocycles. The van der Waals surface area contributed by atoms with Crippen molar-refractivity contribution < 1.29 is 14.6 Å². The molecule has 1 saturated heterocycles. The number of hydrogen-bond acceptors (Lipinski definition) is 3. The third kappa shape index (κ3) is 3.59. The second-order valence-corrected chi connectivity index (χ2v) is 2.70. The zero-order valence-electron chi connectivity index (χ0n) is 6.62. The first-order chi connectivity index (χ1) is 5.25. The van der Waals surface area contributed by atoms with Crippen molar-refractivity contribution >= 4 is 24.8 Å². The summed E-state index contributed by atoms with van der Waals surface area (Å²) in [5.41, 5.74) is 0. The molecular formula is C7H14LiNO3. The first-order valence-corrected chi connectivity index (χ1v) is 3.71. The van der Waals surface area contributed by atoms with E-state index in [0.29, 0.717) is 13.2 Å². The fraction of sp³-hybridized carbons (Fsp3) is 0.857. The summed E-state index contributed by atoms with van der Waals surface area (Å²) in [5.74, 6) is -0.706. The van der Waals surface area contributed by atoms with Gasteiger partial charge in [-0.05, 0) is 6.42 Å². The minimum atomic E-state index is -0.706. The Morgan fingerprint density at radius 1 is 1.75 bits per heavy atom. The van der Waals surface area contributed by atoms with Crippen LogP contribution in [0.3, 0.4) is 0 Å². The molecule has 0 aliphatic carbocycles. The van der Waals surface area contributed by atoms with Gasteiger partial charge in [-0.1, -0.05) is 0 Å². The van der Waals surface area contributed by atoms with E-state index in [1.807, 2.05) is 4.90 Å². The predicted molar refractivity (Wildman–Crippen MR) is 46.6 cm³/mol. The van der Waals surface area contributed by atoms with Gasteiger partial charge in [-0.15, -0.1) is 0 Å². The topological polar surface area (TPSA) is 49.5 Å². The minimum absolute atomic E-state index is 0. The van der Waals surface area contributed by atoms with Crippen LogP contribution in [0, 0.1) is 0 Å².